The van der Waals surface area contributed by atoms with Crippen molar-refractivity contribution in [3.8, 4) is 0 Å². The van der Waals surface area contributed by atoms with Crippen molar-refractivity contribution >= 4 is 38.7 Å². The molecule has 2 amide bonds. The first-order valence-corrected chi connectivity index (χ1v) is 9.38. The summed E-state index contributed by atoms with van der Waals surface area (Å²) in [6.07, 6.45) is 1.04. The van der Waals surface area contributed by atoms with Crippen molar-refractivity contribution < 1.29 is 18.7 Å². The molecule has 3 rings (SSSR count). The Hall–Kier alpha value is -2.22. The lowest BCUT2D eigenvalue weighted by molar-refractivity contribution is -0.121. The first-order chi connectivity index (χ1) is 12.2. The predicted molar refractivity (Wildman–Crippen MR) is 98.7 cm³/mol. The van der Waals surface area contributed by atoms with Crippen molar-refractivity contribution in [3.05, 3.63) is 24.0 Å². The summed E-state index contributed by atoms with van der Waals surface area (Å²) < 4.78 is 19.3. The molecule has 0 saturated carbocycles. The van der Waals surface area contributed by atoms with Crippen LogP contribution in [0.4, 0.5) is 14.3 Å². The van der Waals surface area contributed by atoms with Gasteiger partial charge in [-0.1, -0.05) is 11.3 Å². The van der Waals surface area contributed by atoms with Gasteiger partial charge in [0.2, 0.25) is 5.91 Å². The van der Waals surface area contributed by atoms with E-state index in [0.29, 0.717) is 34.9 Å². The molecule has 0 unspecified atom stereocenters. The summed E-state index contributed by atoms with van der Waals surface area (Å²) in [5.74, 6) is -0.836. The molecule has 1 aromatic carbocycles. The number of thiazole rings is 1. The average molecular weight is 379 g/mol. The predicted octanol–water partition coefficient (Wildman–Crippen LogP) is 4.02. The third kappa shape index (κ3) is 4.49. The number of carbonyl (C=O) groups excluding carboxylic acids is 2. The summed E-state index contributed by atoms with van der Waals surface area (Å²) in [6.45, 7) is 6.35. The summed E-state index contributed by atoms with van der Waals surface area (Å²) in [7, 11) is 0. The molecule has 1 aromatic heterocycles. The van der Waals surface area contributed by atoms with Crippen LogP contribution in [0.5, 0.6) is 0 Å². The lowest BCUT2D eigenvalue weighted by atomic mass is 9.97. The third-order valence-electron chi connectivity index (χ3n) is 4.02. The van der Waals surface area contributed by atoms with Gasteiger partial charge < -0.3 is 15.0 Å². The van der Waals surface area contributed by atoms with Gasteiger partial charge in [0, 0.05) is 13.1 Å². The molecule has 8 heteroatoms. The molecule has 1 N–H and O–H groups in total. The number of nitrogens with zero attached hydrogens (tertiary/aromatic N) is 2. The van der Waals surface area contributed by atoms with Gasteiger partial charge >= 0.3 is 6.09 Å². The number of halogens is 1. The molecular weight excluding hydrogens is 357 g/mol. The molecule has 0 spiro atoms. The van der Waals surface area contributed by atoms with Crippen LogP contribution in [0.15, 0.2) is 18.2 Å². The van der Waals surface area contributed by atoms with E-state index < -0.39 is 11.7 Å². The Balaban J connectivity index is 1.64. The van der Waals surface area contributed by atoms with Gasteiger partial charge in [-0.05, 0) is 51.8 Å². The molecule has 1 saturated heterocycles. The largest absolute Gasteiger partial charge is 0.444 e. The number of aromatic nitrogens is 1. The highest BCUT2D eigenvalue weighted by atomic mass is 32.1. The Labute approximate surface area is 155 Å². The number of rotatable bonds is 2. The number of amides is 2. The first kappa shape index (κ1) is 18.6. The van der Waals surface area contributed by atoms with Crippen LogP contribution >= 0.6 is 11.3 Å². The number of fused-ring (bicyclic) bond motifs is 1. The maximum atomic E-state index is 13.3. The zero-order chi connectivity index (χ0) is 18.9. The Kier molecular flexibility index (Phi) is 5.13. The Morgan fingerprint density at radius 1 is 1.38 bits per heavy atom. The van der Waals surface area contributed by atoms with Crippen LogP contribution in [0.3, 0.4) is 0 Å². The molecule has 140 valence electrons. The zero-order valence-electron chi connectivity index (χ0n) is 15.0. The van der Waals surface area contributed by atoms with Crippen molar-refractivity contribution in [1.82, 2.24) is 9.88 Å². The summed E-state index contributed by atoms with van der Waals surface area (Å²) >= 11 is 1.23. The fraction of sp³-hybridized carbons (Fsp3) is 0.500. The lowest BCUT2D eigenvalue weighted by Gasteiger charge is -2.33. The summed E-state index contributed by atoms with van der Waals surface area (Å²) in [6, 6.07) is 4.32. The fourth-order valence-corrected chi connectivity index (χ4v) is 3.74. The van der Waals surface area contributed by atoms with E-state index >= 15 is 0 Å². The van der Waals surface area contributed by atoms with Crippen LogP contribution in [0.1, 0.15) is 33.6 Å². The van der Waals surface area contributed by atoms with E-state index in [9.17, 15) is 14.0 Å². The van der Waals surface area contributed by atoms with E-state index in [4.69, 9.17) is 4.74 Å². The number of piperidine rings is 1. The molecule has 1 atom stereocenters. The van der Waals surface area contributed by atoms with Crippen molar-refractivity contribution in [2.75, 3.05) is 18.4 Å². The number of anilines is 1. The highest BCUT2D eigenvalue weighted by molar-refractivity contribution is 7.22. The van der Waals surface area contributed by atoms with Gasteiger partial charge in [-0.2, -0.15) is 0 Å². The summed E-state index contributed by atoms with van der Waals surface area (Å²) in [5.41, 5.74) is 0.0773. The smallest absolute Gasteiger partial charge is 0.410 e. The van der Waals surface area contributed by atoms with Gasteiger partial charge in [-0.25, -0.2) is 14.2 Å². The Morgan fingerprint density at radius 3 is 2.88 bits per heavy atom. The van der Waals surface area contributed by atoms with Gasteiger partial charge in [0.25, 0.3) is 0 Å². The highest BCUT2D eigenvalue weighted by Gasteiger charge is 2.31. The minimum atomic E-state index is -0.567. The zero-order valence-corrected chi connectivity index (χ0v) is 15.9. The number of ether oxygens (including phenoxy) is 1. The number of nitrogens with one attached hydrogen (secondary N) is 1. The van der Waals surface area contributed by atoms with Crippen LogP contribution in [0, 0.1) is 11.7 Å². The number of hydrogen-bond donors (Lipinski definition) is 1. The van der Waals surface area contributed by atoms with E-state index in [1.165, 1.54) is 23.5 Å². The van der Waals surface area contributed by atoms with E-state index in [2.05, 4.69) is 10.3 Å². The maximum absolute atomic E-state index is 13.3. The number of likely N-dealkylation sites (tertiary alicyclic amines) is 1. The third-order valence-corrected chi connectivity index (χ3v) is 4.96. The standard InChI is InChI=1S/C18H22FN3O3S/c1-18(2,3)25-17(24)22-8-4-5-11(10-22)15(23)21-16-20-13-7-6-12(19)9-14(13)26-16/h6-7,9,11H,4-5,8,10H2,1-3H3,(H,20,21,23)/t11-/m1/s1. The monoisotopic (exact) mass is 379 g/mol. The molecule has 6 nitrogen and oxygen atoms in total. The molecule has 1 fully saturated rings. The SMILES string of the molecule is CC(C)(C)OC(=O)N1CCC[C@@H](C(=O)Nc2nc3ccc(F)cc3s2)C1. The molecule has 2 heterocycles. The van der Waals surface area contributed by atoms with Gasteiger partial charge in [0.05, 0.1) is 16.1 Å². The number of hydrogen-bond acceptors (Lipinski definition) is 5. The second-order valence-corrected chi connectivity index (χ2v) is 8.42. The topological polar surface area (TPSA) is 71.5 Å². The van der Waals surface area contributed by atoms with Crippen LogP contribution in [-0.2, 0) is 9.53 Å². The first-order valence-electron chi connectivity index (χ1n) is 8.56. The van der Waals surface area contributed by atoms with E-state index in [0.717, 1.165) is 6.42 Å². The second-order valence-electron chi connectivity index (χ2n) is 7.39. The van der Waals surface area contributed by atoms with Crippen LogP contribution < -0.4 is 5.32 Å². The van der Waals surface area contributed by atoms with Gasteiger partial charge in [-0.3, -0.25) is 4.79 Å². The van der Waals surface area contributed by atoms with E-state index in [1.54, 1.807) is 11.0 Å². The molecule has 1 aliphatic heterocycles. The van der Waals surface area contributed by atoms with Crippen LogP contribution in [0.25, 0.3) is 10.2 Å². The van der Waals surface area contributed by atoms with Gasteiger partial charge in [0.15, 0.2) is 5.13 Å². The second kappa shape index (κ2) is 7.19. The quantitative estimate of drug-likeness (QED) is 0.855. The average Bonchev–Trinajstić information content (AvgIpc) is 2.94. The van der Waals surface area contributed by atoms with E-state index in [-0.39, 0.29) is 17.6 Å². The van der Waals surface area contributed by atoms with E-state index in [1.807, 2.05) is 20.8 Å². The summed E-state index contributed by atoms with van der Waals surface area (Å²) in [5, 5.41) is 3.23. The van der Waals surface area contributed by atoms with Crippen molar-refractivity contribution in [3.63, 3.8) is 0 Å². The number of carbonyl (C=O) groups is 2. The normalized spacial score (nSPS) is 18.0. The van der Waals surface area contributed by atoms with Gasteiger partial charge in [0.1, 0.15) is 11.4 Å². The van der Waals surface area contributed by atoms with Gasteiger partial charge in [-0.15, -0.1) is 0 Å². The molecule has 0 radical (unpaired) electrons. The number of benzene rings is 1. The van der Waals surface area contributed by atoms with Crippen molar-refractivity contribution in [2.24, 2.45) is 5.92 Å². The molecule has 0 aliphatic carbocycles. The summed E-state index contributed by atoms with van der Waals surface area (Å²) in [4.78, 5) is 30.7. The molecule has 0 bridgehead atoms. The van der Waals surface area contributed by atoms with Crippen molar-refractivity contribution in [2.45, 2.75) is 39.2 Å². The minimum Gasteiger partial charge on any atom is -0.444 e. The van der Waals surface area contributed by atoms with Crippen LogP contribution in [-0.4, -0.2) is 40.6 Å². The Bertz CT molecular complexity index is 831. The molecule has 26 heavy (non-hydrogen) atoms. The molecule has 1 aliphatic rings. The highest BCUT2D eigenvalue weighted by Crippen LogP contribution is 2.28. The van der Waals surface area contributed by atoms with Crippen molar-refractivity contribution in [1.29, 1.82) is 0 Å². The van der Waals surface area contributed by atoms with Crippen LogP contribution in [0.2, 0.25) is 0 Å². The fourth-order valence-electron chi connectivity index (χ4n) is 2.84. The molecular formula is C18H22FN3O3S. The molecule has 2 aromatic rings. The maximum Gasteiger partial charge on any atom is 0.410 e. The Morgan fingerprint density at radius 2 is 2.15 bits per heavy atom. The minimum absolute atomic E-state index is 0.183. The lowest BCUT2D eigenvalue weighted by Crippen LogP contribution is -2.45.